The monoisotopic (exact) mass is 243 g/mol. The molecule has 0 saturated carbocycles. The lowest BCUT2D eigenvalue weighted by Crippen LogP contribution is -2.29. The molecule has 2 rings (SSSR count). The molecule has 0 spiro atoms. The van der Waals surface area contributed by atoms with Gasteiger partial charge in [-0.15, -0.1) is 0 Å². The second-order valence-electron chi connectivity index (χ2n) is 4.94. The summed E-state index contributed by atoms with van der Waals surface area (Å²) in [5.41, 5.74) is 0. The summed E-state index contributed by atoms with van der Waals surface area (Å²) in [5, 5.41) is 0. The zero-order valence-corrected chi connectivity index (χ0v) is 10.6. The number of likely N-dealkylation sites (tertiary alicyclic amines) is 1. The van der Waals surface area contributed by atoms with E-state index in [2.05, 4.69) is 12.6 Å². The first-order chi connectivity index (χ1) is 7.79. The summed E-state index contributed by atoms with van der Waals surface area (Å²) in [7, 11) is 0. The average Bonchev–Trinajstić information content (AvgIpc) is 2.69. The minimum atomic E-state index is 0.325. The molecule has 1 unspecified atom stereocenters. The lowest BCUT2D eigenvalue weighted by molar-refractivity contribution is -0.127. The van der Waals surface area contributed by atoms with Crippen LogP contribution in [-0.2, 0) is 9.53 Å². The molecule has 0 aliphatic carbocycles. The molecule has 92 valence electrons. The van der Waals surface area contributed by atoms with E-state index in [0.29, 0.717) is 18.2 Å². The Balaban J connectivity index is 1.71. The predicted octanol–water partition coefficient (Wildman–Crippen LogP) is 1.58. The van der Waals surface area contributed by atoms with Crippen LogP contribution in [0.25, 0.3) is 0 Å². The Hall–Kier alpha value is -0.220. The van der Waals surface area contributed by atoms with Gasteiger partial charge in [0, 0.05) is 32.7 Å². The number of hydrogen-bond donors (Lipinski definition) is 1. The van der Waals surface area contributed by atoms with Gasteiger partial charge in [-0.3, -0.25) is 4.79 Å². The maximum atomic E-state index is 11.7. The van der Waals surface area contributed by atoms with E-state index >= 15 is 0 Å². The second kappa shape index (κ2) is 5.92. The van der Waals surface area contributed by atoms with Crippen molar-refractivity contribution in [3.05, 3.63) is 0 Å². The lowest BCUT2D eigenvalue weighted by atomic mass is 9.96. The van der Waals surface area contributed by atoms with E-state index < -0.39 is 0 Å². The zero-order chi connectivity index (χ0) is 11.4. The molecule has 1 amide bonds. The molecule has 0 aromatic heterocycles. The normalized spacial score (nSPS) is 27.7. The third kappa shape index (κ3) is 3.14. The molecule has 2 saturated heterocycles. The molecular formula is C12H21NO2S. The largest absolute Gasteiger partial charge is 0.381 e. The zero-order valence-electron chi connectivity index (χ0n) is 9.73. The van der Waals surface area contributed by atoms with Gasteiger partial charge in [-0.1, -0.05) is 0 Å². The SMILES string of the molecule is O=C1CC(CS)CN1CCC1CCOCC1. The summed E-state index contributed by atoms with van der Waals surface area (Å²) >= 11 is 4.27. The molecule has 2 aliphatic rings. The third-order valence-corrected chi connectivity index (χ3v) is 4.22. The molecule has 0 aromatic carbocycles. The Morgan fingerprint density at radius 3 is 2.69 bits per heavy atom. The number of ether oxygens (including phenoxy) is 1. The van der Waals surface area contributed by atoms with Crippen molar-refractivity contribution in [2.24, 2.45) is 11.8 Å². The van der Waals surface area contributed by atoms with E-state index in [9.17, 15) is 4.79 Å². The maximum Gasteiger partial charge on any atom is 0.222 e. The van der Waals surface area contributed by atoms with Gasteiger partial charge >= 0.3 is 0 Å². The molecule has 2 aliphatic heterocycles. The van der Waals surface area contributed by atoms with E-state index in [1.54, 1.807) is 0 Å². The summed E-state index contributed by atoms with van der Waals surface area (Å²) in [6, 6.07) is 0. The van der Waals surface area contributed by atoms with Crippen LogP contribution in [0.5, 0.6) is 0 Å². The van der Waals surface area contributed by atoms with Crippen LogP contribution in [-0.4, -0.2) is 42.9 Å². The van der Waals surface area contributed by atoms with Crippen LogP contribution in [0.1, 0.15) is 25.7 Å². The highest BCUT2D eigenvalue weighted by Crippen LogP contribution is 2.23. The van der Waals surface area contributed by atoms with Crippen molar-refractivity contribution in [2.45, 2.75) is 25.7 Å². The van der Waals surface area contributed by atoms with Crippen molar-refractivity contribution in [1.29, 1.82) is 0 Å². The van der Waals surface area contributed by atoms with E-state index in [4.69, 9.17) is 4.74 Å². The molecule has 2 heterocycles. The second-order valence-corrected chi connectivity index (χ2v) is 5.30. The first kappa shape index (κ1) is 12.2. The summed E-state index contributed by atoms with van der Waals surface area (Å²) < 4.78 is 5.34. The fourth-order valence-electron chi connectivity index (χ4n) is 2.57. The number of thiol groups is 1. The fraction of sp³-hybridized carbons (Fsp3) is 0.917. The van der Waals surface area contributed by atoms with Gasteiger partial charge in [0.1, 0.15) is 0 Å². The van der Waals surface area contributed by atoms with Gasteiger partial charge in [0.25, 0.3) is 0 Å². The van der Waals surface area contributed by atoms with Crippen LogP contribution in [0.2, 0.25) is 0 Å². The van der Waals surface area contributed by atoms with Crippen molar-refractivity contribution in [3.63, 3.8) is 0 Å². The maximum absolute atomic E-state index is 11.7. The minimum absolute atomic E-state index is 0.325. The van der Waals surface area contributed by atoms with Crippen molar-refractivity contribution in [2.75, 3.05) is 32.1 Å². The highest BCUT2D eigenvalue weighted by molar-refractivity contribution is 7.80. The highest BCUT2D eigenvalue weighted by atomic mass is 32.1. The van der Waals surface area contributed by atoms with Gasteiger partial charge < -0.3 is 9.64 Å². The molecule has 3 nitrogen and oxygen atoms in total. The Bertz CT molecular complexity index is 241. The molecule has 4 heteroatoms. The fourth-order valence-corrected chi connectivity index (χ4v) is 2.81. The Labute approximate surface area is 103 Å². The molecule has 1 atom stereocenters. The van der Waals surface area contributed by atoms with E-state index in [0.717, 1.165) is 57.2 Å². The molecule has 16 heavy (non-hydrogen) atoms. The standard InChI is InChI=1S/C12H21NO2S/c14-12-7-11(9-16)8-13(12)4-1-10-2-5-15-6-3-10/h10-11,16H,1-9H2. The molecule has 0 radical (unpaired) electrons. The van der Waals surface area contributed by atoms with Crippen molar-refractivity contribution in [3.8, 4) is 0 Å². The van der Waals surface area contributed by atoms with Crippen LogP contribution in [0.4, 0.5) is 0 Å². The Kier molecular flexibility index (Phi) is 4.53. The number of amides is 1. The van der Waals surface area contributed by atoms with Gasteiger partial charge in [-0.05, 0) is 36.9 Å². The summed E-state index contributed by atoms with van der Waals surface area (Å²) in [6.45, 7) is 3.66. The van der Waals surface area contributed by atoms with Crippen LogP contribution in [0.3, 0.4) is 0 Å². The topological polar surface area (TPSA) is 29.5 Å². The van der Waals surface area contributed by atoms with E-state index in [1.165, 1.54) is 0 Å². The third-order valence-electron chi connectivity index (χ3n) is 3.70. The number of hydrogen-bond acceptors (Lipinski definition) is 3. The van der Waals surface area contributed by atoms with Gasteiger partial charge in [0.05, 0.1) is 0 Å². The van der Waals surface area contributed by atoms with Crippen LogP contribution < -0.4 is 0 Å². The number of carbonyl (C=O) groups is 1. The molecular weight excluding hydrogens is 222 g/mol. The number of rotatable bonds is 4. The van der Waals surface area contributed by atoms with Gasteiger partial charge in [-0.25, -0.2) is 0 Å². The van der Waals surface area contributed by atoms with Crippen LogP contribution in [0.15, 0.2) is 0 Å². The molecule has 0 bridgehead atoms. The van der Waals surface area contributed by atoms with Crippen LogP contribution >= 0.6 is 12.6 Å². The van der Waals surface area contributed by atoms with Crippen LogP contribution in [0, 0.1) is 11.8 Å². The molecule has 2 fully saturated rings. The smallest absolute Gasteiger partial charge is 0.222 e. The van der Waals surface area contributed by atoms with Gasteiger partial charge in [0.2, 0.25) is 5.91 Å². The van der Waals surface area contributed by atoms with Gasteiger partial charge in [-0.2, -0.15) is 12.6 Å². The van der Waals surface area contributed by atoms with Crippen molar-refractivity contribution >= 4 is 18.5 Å². The van der Waals surface area contributed by atoms with E-state index in [1.807, 2.05) is 4.90 Å². The summed E-state index contributed by atoms with van der Waals surface area (Å²) in [6.07, 6.45) is 4.18. The predicted molar refractivity (Wildman–Crippen MR) is 66.7 cm³/mol. The number of nitrogens with zero attached hydrogens (tertiary/aromatic N) is 1. The van der Waals surface area contributed by atoms with Gasteiger partial charge in [0.15, 0.2) is 0 Å². The summed E-state index contributed by atoms with van der Waals surface area (Å²) in [4.78, 5) is 13.7. The Morgan fingerprint density at radius 1 is 1.31 bits per heavy atom. The van der Waals surface area contributed by atoms with E-state index in [-0.39, 0.29) is 0 Å². The first-order valence-electron chi connectivity index (χ1n) is 6.26. The first-order valence-corrected chi connectivity index (χ1v) is 6.89. The summed E-state index contributed by atoms with van der Waals surface area (Å²) in [5.74, 6) is 2.40. The molecule has 0 N–H and O–H groups in total. The molecule has 0 aromatic rings. The number of carbonyl (C=O) groups excluding carboxylic acids is 1. The van der Waals surface area contributed by atoms with Crippen molar-refractivity contribution < 1.29 is 9.53 Å². The Morgan fingerprint density at radius 2 is 2.06 bits per heavy atom. The quantitative estimate of drug-likeness (QED) is 0.760. The lowest BCUT2D eigenvalue weighted by Gasteiger charge is -2.24. The van der Waals surface area contributed by atoms with Crippen molar-refractivity contribution in [1.82, 2.24) is 4.90 Å². The average molecular weight is 243 g/mol. The highest BCUT2D eigenvalue weighted by Gasteiger charge is 2.28. The minimum Gasteiger partial charge on any atom is -0.381 e.